The van der Waals surface area contributed by atoms with Crippen molar-refractivity contribution in [2.75, 3.05) is 52.6 Å². The molecule has 2 fully saturated rings. The van der Waals surface area contributed by atoms with Crippen LogP contribution in [0.25, 0.3) is 5.76 Å². The summed E-state index contributed by atoms with van der Waals surface area (Å²) in [5.41, 5.74) is 1.32. The third kappa shape index (κ3) is 6.55. The number of amides is 1. The molecule has 0 saturated carbocycles. The van der Waals surface area contributed by atoms with Crippen LogP contribution in [0, 0.1) is 0 Å². The predicted octanol–water partition coefficient (Wildman–Crippen LogP) is 4.41. The molecule has 4 rings (SSSR count). The first kappa shape index (κ1) is 27.7. The van der Waals surface area contributed by atoms with Gasteiger partial charge < -0.3 is 24.2 Å². The first-order valence-corrected chi connectivity index (χ1v) is 13.6. The molecule has 1 amide bonds. The Bertz CT molecular complexity index is 1110. The van der Waals surface area contributed by atoms with E-state index < -0.39 is 17.7 Å². The van der Waals surface area contributed by atoms with E-state index in [2.05, 4.69) is 4.90 Å². The van der Waals surface area contributed by atoms with E-state index in [0.717, 1.165) is 43.8 Å². The van der Waals surface area contributed by atoms with Crippen molar-refractivity contribution in [1.82, 2.24) is 9.80 Å². The van der Waals surface area contributed by atoms with E-state index in [1.165, 1.54) is 0 Å². The number of rotatable bonds is 12. The van der Waals surface area contributed by atoms with E-state index in [1.54, 1.807) is 29.2 Å². The van der Waals surface area contributed by atoms with Crippen LogP contribution in [0.3, 0.4) is 0 Å². The molecule has 2 aliphatic heterocycles. The molecule has 8 nitrogen and oxygen atoms in total. The third-order valence-electron chi connectivity index (χ3n) is 6.79. The molecule has 0 bridgehead atoms. The van der Waals surface area contributed by atoms with Crippen LogP contribution in [0.1, 0.15) is 50.3 Å². The number of carbonyl (C=O) groups is 2. The zero-order chi connectivity index (χ0) is 26.9. The van der Waals surface area contributed by atoms with Gasteiger partial charge in [-0.25, -0.2) is 0 Å². The van der Waals surface area contributed by atoms with Crippen LogP contribution in [-0.4, -0.2) is 79.2 Å². The highest BCUT2D eigenvalue weighted by Gasteiger charge is 2.45. The molecular formula is C30H38N2O6. The summed E-state index contributed by atoms with van der Waals surface area (Å²) in [4.78, 5) is 30.5. The molecule has 204 valence electrons. The first-order valence-electron chi connectivity index (χ1n) is 13.6. The summed E-state index contributed by atoms with van der Waals surface area (Å²) in [5, 5.41) is 11.3. The van der Waals surface area contributed by atoms with Crippen molar-refractivity contribution in [2.45, 2.75) is 39.2 Å². The number of benzene rings is 2. The Kier molecular flexibility index (Phi) is 9.79. The standard InChI is InChI=1S/C30H38N2O6/c1-3-18-37-24-10-6-22(7-11-24)27-26(28(33)23-8-12-25(13-9-23)38-19-4-2)29(34)30(35)32(27)15-5-14-31-16-20-36-21-17-31/h6-13,27,33H,3-5,14-21H2,1-2H3/b28-26+/t27-/m1/s1. The van der Waals surface area contributed by atoms with E-state index in [4.69, 9.17) is 14.2 Å². The fourth-order valence-corrected chi connectivity index (χ4v) is 4.80. The minimum Gasteiger partial charge on any atom is -0.507 e. The molecule has 2 aromatic rings. The van der Waals surface area contributed by atoms with Crippen molar-refractivity contribution in [1.29, 1.82) is 0 Å². The number of hydrogen-bond acceptors (Lipinski definition) is 7. The molecule has 38 heavy (non-hydrogen) atoms. The van der Waals surface area contributed by atoms with Gasteiger partial charge in [-0.2, -0.15) is 0 Å². The van der Waals surface area contributed by atoms with Gasteiger partial charge in [-0.1, -0.05) is 26.0 Å². The van der Waals surface area contributed by atoms with Crippen LogP contribution in [0.2, 0.25) is 0 Å². The summed E-state index contributed by atoms with van der Waals surface area (Å²) < 4.78 is 16.8. The fraction of sp³-hybridized carbons (Fsp3) is 0.467. The second-order valence-electron chi connectivity index (χ2n) is 9.59. The quantitative estimate of drug-likeness (QED) is 0.251. The molecule has 0 aromatic heterocycles. The molecule has 0 radical (unpaired) electrons. The van der Waals surface area contributed by atoms with Gasteiger partial charge in [0.05, 0.1) is 38.0 Å². The molecule has 1 atom stereocenters. The Morgan fingerprint density at radius 1 is 0.895 bits per heavy atom. The maximum absolute atomic E-state index is 13.3. The molecule has 0 spiro atoms. The summed E-state index contributed by atoms with van der Waals surface area (Å²) in [5.74, 6) is -0.0321. The predicted molar refractivity (Wildman–Crippen MR) is 145 cm³/mol. The Morgan fingerprint density at radius 3 is 2.05 bits per heavy atom. The normalized spacial score (nSPS) is 19.6. The smallest absolute Gasteiger partial charge is 0.295 e. The third-order valence-corrected chi connectivity index (χ3v) is 6.79. The lowest BCUT2D eigenvalue weighted by Gasteiger charge is -2.29. The first-order chi connectivity index (χ1) is 18.5. The van der Waals surface area contributed by atoms with Crippen molar-refractivity contribution in [3.63, 3.8) is 0 Å². The Morgan fingerprint density at radius 2 is 1.47 bits per heavy atom. The molecule has 0 unspecified atom stereocenters. The number of aliphatic hydroxyl groups excluding tert-OH is 1. The van der Waals surface area contributed by atoms with Gasteiger partial charge in [0.15, 0.2) is 0 Å². The lowest BCUT2D eigenvalue weighted by Crippen LogP contribution is -2.38. The molecule has 2 aliphatic rings. The Balaban J connectivity index is 1.63. The number of likely N-dealkylation sites (tertiary alicyclic amines) is 1. The van der Waals surface area contributed by atoms with E-state index in [9.17, 15) is 14.7 Å². The van der Waals surface area contributed by atoms with Crippen molar-refractivity contribution in [2.24, 2.45) is 0 Å². The molecule has 2 saturated heterocycles. The SMILES string of the molecule is CCCOc1ccc(/C(O)=C2\C(=O)C(=O)N(CCCN3CCOCC3)[C@@H]2c2ccc(OCCC)cc2)cc1. The highest BCUT2D eigenvalue weighted by Crippen LogP contribution is 2.40. The van der Waals surface area contributed by atoms with Gasteiger partial charge in [0.25, 0.3) is 11.7 Å². The van der Waals surface area contributed by atoms with Crippen LogP contribution in [0.5, 0.6) is 11.5 Å². The highest BCUT2D eigenvalue weighted by molar-refractivity contribution is 6.46. The molecule has 0 aliphatic carbocycles. The minimum atomic E-state index is -0.684. The zero-order valence-electron chi connectivity index (χ0n) is 22.4. The van der Waals surface area contributed by atoms with Gasteiger partial charge in [0, 0.05) is 31.7 Å². The second kappa shape index (κ2) is 13.4. The molecule has 1 N–H and O–H groups in total. The van der Waals surface area contributed by atoms with E-state index in [-0.39, 0.29) is 11.3 Å². The van der Waals surface area contributed by atoms with E-state index in [0.29, 0.717) is 50.7 Å². The summed E-state index contributed by atoms with van der Waals surface area (Å²) >= 11 is 0. The van der Waals surface area contributed by atoms with E-state index in [1.807, 2.05) is 38.1 Å². The van der Waals surface area contributed by atoms with Gasteiger partial charge in [-0.05, 0) is 61.2 Å². The monoisotopic (exact) mass is 522 g/mol. The Hall–Kier alpha value is -3.36. The maximum atomic E-state index is 13.3. The number of Topliss-reactive ketones (excluding diaryl/α,β-unsaturated/α-hetero) is 1. The fourth-order valence-electron chi connectivity index (χ4n) is 4.80. The van der Waals surface area contributed by atoms with Crippen LogP contribution in [0.4, 0.5) is 0 Å². The van der Waals surface area contributed by atoms with Gasteiger partial charge >= 0.3 is 0 Å². The largest absolute Gasteiger partial charge is 0.507 e. The van der Waals surface area contributed by atoms with Crippen LogP contribution < -0.4 is 9.47 Å². The average Bonchev–Trinajstić information content (AvgIpc) is 3.21. The molecule has 2 heterocycles. The minimum absolute atomic E-state index is 0.103. The molecular weight excluding hydrogens is 484 g/mol. The van der Waals surface area contributed by atoms with Gasteiger partial charge in [-0.3, -0.25) is 14.5 Å². The lowest BCUT2D eigenvalue weighted by atomic mass is 9.95. The Labute approximate surface area is 224 Å². The van der Waals surface area contributed by atoms with Crippen LogP contribution in [0.15, 0.2) is 54.1 Å². The van der Waals surface area contributed by atoms with Gasteiger partial charge in [-0.15, -0.1) is 0 Å². The maximum Gasteiger partial charge on any atom is 0.295 e. The number of carbonyl (C=O) groups excluding carboxylic acids is 2. The second-order valence-corrected chi connectivity index (χ2v) is 9.59. The summed E-state index contributed by atoms with van der Waals surface area (Å²) in [6, 6.07) is 13.7. The molecule has 2 aromatic carbocycles. The van der Waals surface area contributed by atoms with Crippen LogP contribution in [-0.2, 0) is 14.3 Å². The summed E-state index contributed by atoms with van der Waals surface area (Å²) in [7, 11) is 0. The average molecular weight is 523 g/mol. The van der Waals surface area contributed by atoms with Gasteiger partial charge in [0.1, 0.15) is 17.3 Å². The van der Waals surface area contributed by atoms with E-state index >= 15 is 0 Å². The van der Waals surface area contributed by atoms with Crippen molar-refractivity contribution >= 4 is 17.4 Å². The summed E-state index contributed by atoms with van der Waals surface area (Å²) in [6.07, 6.45) is 2.50. The number of nitrogens with zero attached hydrogens (tertiary/aromatic N) is 2. The lowest BCUT2D eigenvalue weighted by molar-refractivity contribution is -0.140. The number of morpholine rings is 1. The summed E-state index contributed by atoms with van der Waals surface area (Å²) in [6.45, 7) is 9.63. The van der Waals surface area contributed by atoms with Gasteiger partial charge in [0.2, 0.25) is 0 Å². The van der Waals surface area contributed by atoms with Crippen molar-refractivity contribution < 1.29 is 28.9 Å². The number of ketones is 1. The molecule has 8 heteroatoms. The highest BCUT2D eigenvalue weighted by atomic mass is 16.5. The number of aliphatic hydroxyl groups is 1. The van der Waals surface area contributed by atoms with Crippen molar-refractivity contribution in [3.05, 3.63) is 65.2 Å². The number of ether oxygens (including phenoxy) is 3. The number of hydrogen-bond donors (Lipinski definition) is 1. The zero-order valence-corrected chi connectivity index (χ0v) is 22.4. The topological polar surface area (TPSA) is 88.5 Å². The van der Waals surface area contributed by atoms with Crippen molar-refractivity contribution in [3.8, 4) is 11.5 Å². The van der Waals surface area contributed by atoms with Crippen LogP contribution >= 0.6 is 0 Å².